The number of aliphatic imine (C=N–C) groups is 1. The Labute approximate surface area is 161 Å². The Morgan fingerprint density at radius 3 is 2.74 bits per heavy atom. The first-order valence-corrected chi connectivity index (χ1v) is 11.1. The molecule has 27 heavy (non-hydrogen) atoms. The topological polar surface area (TPSA) is 90.9 Å². The van der Waals surface area contributed by atoms with Gasteiger partial charge in [0.15, 0.2) is 0 Å². The molecule has 3 rings (SSSR count). The van der Waals surface area contributed by atoms with E-state index in [1.165, 1.54) is 0 Å². The number of amides is 1. The van der Waals surface area contributed by atoms with Gasteiger partial charge in [-0.15, -0.1) is 0 Å². The molecular formula is C19H28N4O3S. The minimum absolute atomic E-state index is 0.133. The van der Waals surface area contributed by atoms with E-state index in [0.717, 1.165) is 45.2 Å². The molecule has 7 nitrogen and oxygen atoms in total. The van der Waals surface area contributed by atoms with Gasteiger partial charge in [0, 0.05) is 24.6 Å². The fraction of sp³-hybridized carbons (Fsp3) is 0.579. The summed E-state index contributed by atoms with van der Waals surface area (Å²) in [5, 5.41) is 3.13. The number of nitrogens with one attached hydrogen (secondary N) is 2. The van der Waals surface area contributed by atoms with Crippen LogP contribution in [0.3, 0.4) is 0 Å². The zero-order chi connectivity index (χ0) is 19.3. The van der Waals surface area contributed by atoms with Crippen LogP contribution in [0.1, 0.15) is 44.1 Å². The van der Waals surface area contributed by atoms with Gasteiger partial charge in [-0.25, -0.2) is 8.42 Å². The van der Waals surface area contributed by atoms with Crippen molar-refractivity contribution in [3.8, 4) is 0 Å². The average Bonchev–Trinajstić information content (AvgIpc) is 2.91. The van der Waals surface area contributed by atoms with E-state index in [-0.39, 0.29) is 10.8 Å². The van der Waals surface area contributed by atoms with Crippen LogP contribution in [0.15, 0.2) is 34.2 Å². The second kappa shape index (κ2) is 8.84. The van der Waals surface area contributed by atoms with Gasteiger partial charge in [-0.2, -0.15) is 0 Å². The third-order valence-corrected chi connectivity index (χ3v) is 6.48. The molecule has 1 fully saturated rings. The van der Waals surface area contributed by atoms with Crippen LogP contribution in [-0.4, -0.2) is 57.8 Å². The molecule has 1 amide bonds. The van der Waals surface area contributed by atoms with Crippen molar-refractivity contribution < 1.29 is 13.2 Å². The zero-order valence-corrected chi connectivity index (χ0v) is 16.6. The van der Waals surface area contributed by atoms with Crippen molar-refractivity contribution in [1.82, 2.24) is 14.9 Å². The molecule has 2 aliphatic rings. The lowest BCUT2D eigenvalue weighted by Crippen LogP contribution is -2.43. The van der Waals surface area contributed by atoms with E-state index >= 15 is 0 Å². The second-order valence-corrected chi connectivity index (χ2v) is 8.94. The monoisotopic (exact) mass is 392 g/mol. The Morgan fingerprint density at radius 2 is 1.96 bits per heavy atom. The number of likely N-dealkylation sites (tertiary alicyclic amines) is 1. The molecular weight excluding hydrogens is 364 g/mol. The molecule has 0 spiro atoms. The van der Waals surface area contributed by atoms with Crippen LogP contribution >= 0.6 is 0 Å². The molecule has 8 heteroatoms. The fourth-order valence-corrected chi connectivity index (χ4v) is 4.72. The van der Waals surface area contributed by atoms with Gasteiger partial charge in [0.2, 0.25) is 5.91 Å². The number of nitrogens with zero attached hydrogens (tertiary/aromatic N) is 2. The first kappa shape index (κ1) is 19.8. The highest BCUT2D eigenvalue weighted by molar-refractivity contribution is 7.90. The highest BCUT2D eigenvalue weighted by Gasteiger charge is 2.29. The number of sulfonamides is 1. The number of fused-ring (bicyclic) bond motifs is 1. The Hall–Kier alpha value is -1.93. The summed E-state index contributed by atoms with van der Waals surface area (Å²) >= 11 is 0. The van der Waals surface area contributed by atoms with E-state index in [9.17, 15) is 13.2 Å². The summed E-state index contributed by atoms with van der Waals surface area (Å²) in [6.45, 7) is 2.62. The lowest BCUT2D eigenvalue weighted by Gasteiger charge is -2.29. The van der Waals surface area contributed by atoms with Crippen molar-refractivity contribution in [3.63, 3.8) is 0 Å². The first-order chi connectivity index (χ1) is 13.0. The molecule has 0 bridgehead atoms. The number of rotatable bonds is 7. The van der Waals surface area contributed by atoms with Crippen LogP contribution in [0.4, 0.5) is 0 Å². The summed E-state index contributed by atoms with van der Waals surface area (Å²) in [6, 6.07) is 7.18. The lowest BCUT2D eigenvalue weighted by atomic mass is 10.1. The van der Waals surface area contributed by atoms with Crippen LogP contribution in [0.5, 0.6) is 0 Å². The number of hydrogen-bond acceptors (Lipinski definition) is 5. The minimum atomic E-state index is -3.47. The lowest BCUT2D eigenvalue weighted by molar-refractivity contribution is -0.122. The van der Waals surface area contributed by atoms with Crippen LogP contribution in [-0.2, 0) is 14.8 Å². The largest absolute Gasteiger partial charge is 0.353 e. The summed E-state index contributed by atoms with van der Waals surface area (Å²) in [5.74, 6) is 0.555. The molecule has 2 heterocycles. The van der Waals surface area contributed by atoms with E-state index in [1.807, 2.05) is 0 Å². The second-order valence-electron chi connectivity index (χ2n) is 7.29. The summed E-state index contributed by atoms with van der Waals surface area (Å²) in [4.78, 5) is 19.0. The van der Waals surface area contributed by atoms with Crippen molar-refractivity contribution in [2.24, 2.45) is 4.99 Å². The summed E-state index contributed by atoms with van der Waals surface area (Å²) in [6.07, 6.45) is 5.14. The number of hydrogen-bond donors (Lipinski definition) is 2. The maximum Gasteiger partial charge on any atom is 0.263 e. The zero-order valence-electron chi connectivity index (χ0n) is 15.8. The Morgan fingerprint density at radius 1 is 1.22 bits per heavy atom. The molecule has 0 atom stereocenters. The van der Waals surface area contributed by atoms with Crippen molar-refractivity contribution in [2.45, 2.75) is 49.5 Å². The maximum absolute atomic E-state index is 12.0. The van der Waals surface area contributed by atoms with Gasteiger partial charge >= 0.3 is 0 Å². The number of unbranched alkanes of at least 4 members (excludes halogenated alkanes) is 2. The van der Waals surface area contributed by atoms with E-state index < -0.39 is 10.0 Å². The molecule has 1 aromatic rings. The van der Waals surface area contributed by atoms with Gasteiger partial charge in [-0.3, -0.25) is 14.5 Å². The van der Waals surface area contributed by atoms with Gasteiger partial charge in [-0.1, -0.05) is 18.6 Å². The normalized spacial score (nSPS) is 21.0. The minimum Gasteiger partial charge on any atom is -0.353 e. The van der Waals surface area contributed by atoms with Gasteiger partial charge < -0.3 is 10.2 Å². The SMILES string of the molecule is CN1CCC(NC(=O)CCCCCN=C2NS(=O)(=O)c3ccccc32)CC1. The molecule has 1 saturated heterocycles. The van der Waals surface area contributed by atoms with Crippen molar-refractivity contribution >= 4 is 21.8 Å². The number of carbonyl (C=O) groups excluding carboxylic acids is 1. The fourth-order valence-electron chi connectivity index (χ4n) is 3.47. The van der Waals surface area contributed by atoms with Gasteiger partial charge in [-0.05, 0) is 58.0 Å². The predicted molar refractivity (Wildman–Crippen MR) is 105 cm³/mol. The molecule has 0 aromatic heterocycles. The van der Waals surface area contributed by atoms with E-state index in [4.69, 9.17) is 0 Å². The van der Waals surface area contributed by atoms with E-state index in [1.54, 1.807) is 24.3 Å². The van der Waals surface area contributed by atoms with Crippen LogP contribution in [0.2, 0.25) is 0 Å². The highest BCUT2D eigenvalue weighted by Crippen LogP contribution is 2.22. The molecule has 148 valence electrons. The third kappa shape index (κ3) is 5.29. The van der Waals surface area contributed by atoms with Gasteiger partial charge in [0.05, 0.1) is 4.90 Å². The smallest absolute Gasteiger partial charge is 0.263 e. The molecule has 0 unspecified atom stereocenters. The van der Waals surface area contributed by atoms with E-state index in [0.29, 0.717) is 30.4 Å². The molecule has 2 aliphatic heterocycles. The number of carbonyl (C=O) groups is 1. The molecule has 1 aromatic carbocycles. The van der Waals surface area contributed by atoms with Gasteiger partial charge in [0.25, 0.3) is 10.0 Å². The molecule has 0 aliphatic carbocycles. The third-order valence-electron chi connectivity index (χ3n) is 5.08. The number of amidine groups is 1. The van der Waals surface area contributed by atoms with E-state index in [2.05, 4.69) is 27.0 Å². The first-order valence-electron chi connectivity index (χ1n) is 9.60. The molecule has 2 N–H and O–H groups in total. The van der Waals surface area contributed by atoms with Crippen LogP contribution in [0, 0.1) is 0 Å². The molecule has 0 radical (unpaired) electrons. The highest BCUT2D eigenvalue weighted by atomic mass is 32.2. The van der Waals surface area contributed by atoms with Crippen molar-refractivity contribution in [3.05, 3.63) is 29.8 Å². The maximum atomic E-state index is 12.0. The number of benzene rings is 1. The predicted octanol–water partition coefficient (Wildman–Crippen LogP) is 1.50. The Bertz CT molecular complexity index is 799. The summed E-state index contributed by atoms with van der Waals surface area (Å²) < 4.78 is 26.5. The Balaban J connectivity index is 1.35. The Kier molecular flexibility index (Phi) is 6.49. The van der Waals surface area contributed by atoms with Crippen molar-refractivity contribution in [2.75, 3.05) is 26.7 Å². The summed E-state index contributed by atoms with van der Waals surface area (Å²) in [7, 11) is -1.36. The van der Waals surface area contributed by atoms with Crippen LogP contribution in [0.25, 0.3) is 0 Å². The van der Waals surface area contributed by atoms with Gasteiger partial charge in [0.1, 0.15) is 5.84 Å². The molecule has 0 saturated carbocycles. The standard InChI is InChI=1S/C19H28N4O3S/c1-23-13-10-15(11-14-23)21-18(24)9-3-2-6-12-20-19-16-7-4-5-8-17(16)27(25,26)22-19/h4-5,7-8,15H,2-3,6,9-14H2,1H3,(H,20,22)(H,21,24). The quantitative estimate of drug-likeness (QED) is 0.688. The number of piperidine rings is 1. The van der Waals surface area contributed by atoms with Crippen molar-refractivity contribution in [1.29, 1.82) is 0 Å². The average molecular weight is 393 g/mol. The summed E-state index contributed by atoms with van der Waals surface area (Å²) in [5.41, 5.74) is 0.634. The van der Waals surface area contributed by atoms with Crippen LogP contribution < -0.4 is 10.0 Å².